The molecule has 0 saturated carbocycles. The Morgan fingerprint density at radius 2 is 1.75 bits per heavy atom. The Kier molecular flexibility index (Phi) is 5.06. The lowest BCUT2D eigenvalue weighted by atomic mass is 9.99. The van der Waals surface area contributed by atoms with Gasteiger partial charge in [-0.3, -0.25) is 11.3 Å². The summed E-state index contributed by atoms with van der Waals surface area (Å²) in [4.78, 5) is 0. The summed E-state index contributed by atoms with van der Waals surface area (Å²) in [7, 11) is 0. The summed E-state index contributed by atoms with van der Waals surface area (Å²) in [5.74, 6) is 3.84. The zero-order chi connectivity index (χ0) is 14.5. The zero-order valence-corrected chi connectivity index (χ0v) is 11.5. The molecule has 0 aliphatic rings. The van der Waals surface area contributed by atoms with Gasteiger partial charge in [0.15, 0.2) is 11.6 Å². The first-order valence-corrected chi connectivity index (χ1v) is 6.61. The lowest BCUT2D eigenvalue weighted by molar-refractivity contribution is 0.474. The van der Waals surface area contributed by atoms with E-state index in [0.29, 0.717) is 23.4 Å². The molecular weight excluding hydrogens is 282 g/mol. The van der Waals surface area contributed by atoms with E-state index < -0.39 is 11.6 Å². The molecule has 2 aromatic rings. The molecule has 2 nitrogen and oxygen atoms in total. The Balaban J connectivity index is 2.09. The average Bonchev–Trinajstić information content (AvgIpc) is 2.45. The molecule has 0 aliphatic heterocycles. The Morgan fingerprint density at radius 1 is 1.05 bits per heavy atom. The fourth-order valence-corrected chi connectivity index (χ4v) is 2.19. The van der Waals surface area contributed by atoms with Crippen molar-refractivity contribution in [2.75, 3.05) is 0 Å². The molecule has 0 fully saturated rings. The van der Waals surface area contributed by atoms with E-state index in [2.05, 4.69) is 5.43 Å². The third-order valence-corrected chi connectivity index (χ3v) is 3.38. The van der Waals surface area contributed by atoms with Gasteiger partial charge in [-0.2, -0.15) is 0 Å². The minimum atomic E-state index is -0.843. The zero-order valence-electron chi connectivity index (χ0n) is 10.7. The van der Waals surface area contributed by atoms with Gasteiger partial charge in [-0.1, -0.05) is 35.9 Å². The third kappa shape index (κ3) is 3.76. The van der Waals surface area contributed by atoms with E-state index >= 15 is 0 Å². The topological polar surface area (TPSA) is 38.0 Å². The van der Waals surface area contributed by atoms with E-state index in [0.717, 1.165) is 11.6 Å². The molecule has 0 saturated heterocycles. The number of nitrogens with one attached hydrogen (secondary N) is 1. The molecule has 3 N–H and O–H groups in total. The second-order valence-corrected chi connectivity index (χ2v) is 5.05. The maximum atomic E-state index is 13.6. The van der Waals surface area contributed by atoms with E-state index in [-0.39, 0.29) is 6.04 Å². The molecule has 0 aliphatic carbocycles. The Morgan fingerprint density at radius 3 is 2.40 bits per heavy atom. The summed E-state index contributed by atoms with van der Waals surface area (Å²) in [5, 5.41) is 0.655. The van der Waals surface area contributed by atoms with Crippen LogP contribution < -0.4 is 11.3 Å². The van der Waals surface area contributed by atoms with E-state index in [9.17, 15) is 8.78 Å². The van der Waals surface area contributed by atoms with E-state index in [1.54, 1.807) is 18.2 Å². The molecule has 2 aromatic carbocycles. The molecular formula is C15H15ClF2N2. The van der Waals surface area contributed by atoms with Crippen molar-refractivity contribution in [1.29, 1.82) is 0 Å². The summed E-state index contributed by atoms with van der Waals surface area (Å²) in [6, 6.07) is 11.3. The minimum absolute atomic E-state index is 0.188. The number of hydrazine groups is 1. The number of nitrogens with two attached hydrogens (primary N) is 1. The van der Waals surface area contributed by atoms with Gasteiger partial charge in [-0.05, 0) is 42.2 Å². The molecule has 5 heteroatoms. The standard InChI is InChI=1S/C15H15ClF2N2/c16-12-6-4-10(5-7-12)8-13(20-19)9-11-2-1-3-14(17)15(11)18/h1-7,13,20H,8-9,19H2. The van der Waals surface area contributed by atoms with Crippen LogP contribution in [0.25, 0.3) is 0 Å². The van der Waals surface area contributed by atoms with E-state index in [1.807, 2.05) is 12.1 Å². The maximum absolute atomic E-state index is 13.6. The van der Waals surface area contributed by atoms with Crippen molar-refractivity contribution >= 4 is 11.6 Å². The number of benzene rings is 2. The van der Waals surface area contributed by atoms with E-state index in [1.165, 1.54) is 6.07 Å². The molecule has 106 valence electrons. The van der Waals surface area contributed by atoms with Crippen molar-refractivity contribution in [2.24, 2.45) is 5.84 Å². The van der Waals surface area contributed by atoms with Gasteiger partial charge in [-0.15, -0.1) is 0 Å². The highest BCUT2D eigenvalue weighted by atomic mass is 35.5. The van der Waals surface area contributed by atoms with E-state index in [4.69, 9.17) is 17.4 Å². The first-order chi connectivity index (χ1) is 9.60. The van der Waals surface area contributed by atoms with Crippen LogP contribution in [0.3, 0.4) is 0 Å². The molecule has 0 heterocycles. The van der Waals surface area contributed by atoms with Crippen LogP contribution in [0.15, 0.2) is 42.5 Å². The Labute approximate surface area is 121 Å². The summed E-state index contributed by atoms with van der Waals surface area (Å²) in [6.07, 6.45) is 0.909. The molecule has 0 amide bonds. The van der Waals surface area contributed by atoms with Gasteiger partial charge < -0.3 is 0 Å². The van der Waals surface area contributed by atoms with Gasteiger partial charge in [0.05, 0.1) is 0 Å². The van der Waals surface area contributed by atoms with Gasteiger partial charge >= 0.3 is 0 Å². The van der Waals surface area contributed by atoms with Crippen LogP contribution in [0.2, 0.25) is 5.02 Å². The second kappa shape index (κ2) is 6.79. The molecule has 1 unspecified atom stereocenters. The van der Waals surface area contributed by atoms with Crippen molar-refractivity contribution in [3.63, 3.8) is 0 Å². The predicted molar refractivity (Wildman–Crippen MR) is 76.3 cm³/mol. The molecule has 2 rings (SSSR count). The molecule has 0 aromatic heterocycles. The largest absolute Gasteiger partial charge is 0.271 e. The van der Waals surface area contributed by atoms with Crippen LogP contribution in [0.4, 0.5) is 8.78 Å². The maximum Gasteiger partial charge on any atom is 0.162 e. The van der Waals surface area contributed by atoms with Crippen LogP contribution in [0.1, 0.15) is 11.1 Å². The highest BCUT2D eigenvalue weighted by Gasteiger charge is 2.14. The van der Waals surface area contributed by atoms with Crippen molar-refractivity contribution in [3.8, 4) is 0 Å². The third-order valence-electron chi connectivity index (χ3n) is 3.13. The SMILES string of the molecule is NNC(Cc1ccc(Cl)cc1)Cc1cccc(F)c1F. The molecule has 0 bridgehead atoms. The van der Waals surface area contributed by atoms with Gasteiger partial charge in [0, 0.05) is 11.1 Å². The quantitative estimate of drug-likeness (QED) is 0.657. The minimum Gasteiger partial charge on any atom is -0.271 e. The Bertz CT molecular complexity index is 573. The smallest absolute Gasteiger partial charge is 0.162 e. The number of rotatable bonds is 5. The summed E-state index contributed by atoms with van der Waals surface area (Å²) >= 11 is 5.82. The van der Waals surface area contributed by atoms with Crippen LogP contribution in [0.5, 0.6) is 0 Å². The van der Waals surface area contributed by atoms with Crippen molar-refractivity contribution < 1.29 is 8.78 Å². The first-order valence-electron chi connectivity index (χ1n) is 6.23. The Hall–Kier alpha value is -1.49. The summed E-state index contributed by atoms with van der Waals surface area (Å²) in [6.45, 7) is 0. The highest BCUT2D eigenvalue weighted by Crippen LogP contribution is 2.16. The predicted octanol–water partition coefficient (Wildman–Crippen LogP) is 3.24. The fourth-order valence-electron chi connectivity index (χ4n) is 2.07. The van der Waals surface area contributed by atoms with Crippen molar-refractivity contribution in [3.05, 3.63) is 70.2 Å². The van der Waals surface area contributed by atoms with Gasteiger partial charge in [0.1, 0.15) is 0 Å². The van der Waals surface area contributed by atoms with Gasteiger partial charge in [0.25, 0.3) is 0 Å². The lowest BCUT2D eigenvalue weighted by Gasteiger charge is -2.16. The second-order valence-electron chi connectivity index (χ2n) is 4.61. The summed E-state index contributed by atoms with van der Waals surface area (Å²) in [5.41, 5.74) is 3.97. The van der Waals surface area contributed by atoms with Crippen LogP contribution >= 0.6 is 11.6 Å². The molecule has 20 heavy (non-hydrogen) atoms. The molecule has 0 radical (unpaired) electrons. The molecule has 1 atom stereocenters. The summed E-state index contributed by atoms with van der Waals surface area (Å²) < 4.78 is 26.8. The number of halogens is 3. The number of hydrogen-bond donors (Lipinski definition) is 2. The van der Waals surface area contributed by atoms with Gasteiger partial charge in [-0.25, -0.2) is 8.78 Å². The van der Waals surface area contributed by atoms with Crippen LogP contribution in [-0.4, -0.2) is 6.04 Å². The normalized spacial score (nSPS) is 12.4. The van der Waals surface area contributed by atoms with Crippen molar-refractivity contribution in [2.45, 2.75) is 18.9 Å². The monoisotopic (exact) mass is 296 g/mol. The molecule has 0 spiro atoms. The van der Waals surface area contributed by atoms with Crippen LogP contribution in [0, 0.1) is 11.6 Å². The van der Waals surface area contributed by atoms with Crippen molar-refractivity contribution in [1.82, 2.24) is 5.43 Å². The average molecular weight is 297 g/mol. The highest BCUT2D eigenvalue weighted by molar-refractivity contribution is 6.30. The first kappa shape index (κ1) is 14.9. The number of hydrogen-bond acceptors (Lipinski definition) is 2. The van der Waals surface area contributed by atoms with Gasteiger partial charge in [0.2, 0.25) is 0 Å². The van der Waals surface area contributed by atoms with Crippen LogP contribution in [-0.2, 0) is 12.8 Å². The lowest BCUT2D eigenvalue weighted by Crippen LogP contribution is -2.38. The fraction of sp³-hybridized carbons (Fsp3) is 0.200.